The van der Waals surface area contributed by atoms with Crippen molar-refractivity contribution in [3.8, 4) is 0 Å². The molecule has 0 aromatic carbocycles. The van der Waals surface area contributed by atoms with E-state index in [1.54, 1.807) is 0 Å². The topological polar surface area (TPSA) is 29.0 Å². The standard InChI is InChI=1S/C11H16ClN3S/c1-8-6-15(7-9(2)16-8)11-4-3-10(5-12)13-14-11/h3-4,8-9H,5-7H2,1-2H3. The van der Waals surface area contributed by atoms with Gasteiger partial charge in [-0.2, -0.15) is 16.9 Å². The van der Waals surface area contributed by atoms with Gasteiger partial charge < -0.3 is 4.90 Å². The molecule has 3 nitrogen and oxygen atoms in total. The summed E-state index contributed by atoms with van der Waals surface area (Å²) in [5, 5.41) is 9.62. The van der Waals surface area contributed by atoms with E-state index >= 15 is 0 Å². The molecule has 1 aliphatic heterocycles. The number of anilines is 1. The predicted octanol–water partition coefficient (Wildman–Crippen LogP) is 2.55. The smallest absolute Gasteiger partial charge is 0.151 e. The van der Waals surface area contributed by atoms with Crippen molar-refractivity contribution in [2.75, 3.05) is 18.0 Å². The molecule has 0 spiro atoms. The number of hydrogen-bond donors (Lipinski definition) is 0. The highest BCUT2D eigenvalue weighted by Crippen LogP contribution is 2.27. The first-order chi connectivity index (χ1) is 7.69. The van der Waals surface area contributed by atoms with E-state index in [-0.39, 0.29) is 0 Å². The first-order valence-corrected chi connectivity index (χ1v) is 6.95. The lowest BCUT2D eigenvalue weighted by Gasteiger charge is -2.35. The molecule has 5 heteroatoms. The van der Waals surface area contributed by atoms with Crippen molar-refractivity contribution in [1.82, 2.24) is 10.2 Å². The van der Waals surface area contributed by atoms with E-state index in [2.05, 4.69) is 28.9 Å². The fraction of sp³-hybridized carbons (Fsp3) is 0.636. The van der Waals surface area contributed by atoms with Gasteiger partial charge >= 0.3 is 0 Å². The van der Waals surface area contributed by atoms with E-state index in [4.69, 9.17) is 11.6 Å². The van der Waals surface area contributed by atoms with Crippen molar-refractivity contribution >= 4 is 29.2 Å². The Morgan fingerprint density at radius 3 is 2.50 bits per heavy atom. The molecule has 1 saturated heterocycles. The maximum absolute atomic E-state index is 5.69. The van der Waals surface area contributed by atoms with E-state index < -0.39 is 0 Å². The molecule has 0 saturated carbocycles. The van der Waals surface area contributed by atoms with E-state index in [1.807, 2.05) is 23.9 Å². The van der Waals surface area contributed by atoms with Gasteiger partial charge in [0.15, 0.2) is 5.82 Å². The monoisotopic (exact) mass is 257 g/mol. The van der Waals surface area contributed by atoms with Crippen LogP contribution in [0.3, 0.4) is 0 Å². The average Bonchev–Trinajstić information content (AvgIpc) is 2.28. The van der Waals surface area contributed by atoms with Crippen molar-refractivity contribution in [3.05, 3.63) is 17.8 Å². The number of nitrogens with zero attached hydrogens (tertiary/aromatic N) is 3. The van der Waals surface area contributed by atoms with Gasteiger partial charge in [0.25, 0.3) is 0 Å². The SMILES string of the molecule is CC1CN(c2ccc(CCl)nn2)CC(C)S1. The molecular weight excluding hydrogens is 242 g/mol. The lowest BCUT2D eigenvalue weighted by atomic mass is 10.3. The Labute approximate surface area is 106 Å². The zero-order chi connectivity index (χ0) is 11.5. The zero-order valence-corrected chi connectivity index (χ0v) is 11.1. The van der Waals surface area contributed by atoms with Crippen LogP contribution in [-0.2, 0) is 5.88 Å². The van der Waals surface area contributed by atoms with Crippen LogP contribution in [0.5, 0.6) is 0 Å². The summed E-state index contributed by atoms with van der Waals surface area (Å²) in [5.41, 5.74) is 0.831. The molecule has 0 radical (unpaired) electrons. The highest BCUT2D eigenvalue weighted by Gasteiger charge is 2.23. The fourth-order valence-corrected chi connectivity index (χ4v) is 3.43. The van der Waals surface area contributed by atoms with Gasteiger partial charge in [-0.15, -0.1) is 16.7 Å². The van der Waals surface area contributed by atoms with Gasteiger partial charge in [-0.1, -0.05) is 13.8 Å². The van der Waals surface area contributed by atoms with Gasteiger partial charge in [-0.3, -0.25) is 0 Å². The molecule has 1 aromatic rings. The summed E-state index contributed by atoms with van der Waals surface area (Å²) in [6.45, 7) is 6.61. The van der Waals surface area contributed by atoms with Crippen LogP contribution < -0.4 is 4.90 Å². The second-order valence-electron chi connectivity index (χ2n) is 4.18. The Hall–Kier alpha value is -0.480. The third kappa shape index (κ3) is 2.80. The number of alkyl halides is 1. The van der Waals surface area contributed by atoms with Crippen LogP contribution in [0.2, 0.25) is 0 Å². The summed E-state index contributed by atoms with van der Waals surface area (Å²) in [5.74, 6) is 1.39. The Morgan fingerprint density at radius 1 is 1.31 bits per heavy atom. The highest BCUT2D eigenvalue weighted by molar-refractivity contribution is 8.00. The van der Waals surface area contributed by atoms with Crippen molar-refractivity contribution in [2.24, 2.45) is 0 Å². The molecule has 0 bridgehead atoms. The van der Waals surface area contributed by atoms with Crippen molar-refractivity contribution in [3.63, 3.8) is 0 Å². The Balaban J connectivity index is 2.10. The molecule has 2 unspecified atom stereocenters. The Bertz CT molecular complexity index is 334. The Kier molecular flexibility index (Phi) is 3.92. The van der Waals surface area contributed by atoms with E-state index in [0.717, 1.165) is 24.6 Å². The van der Waals surface area contributed by atoms with Gasteiger partial charge in [0.05, 0.1) is 11.6 Å². The molecule has 2 atom stereocenters. The summed E-state index contributed by atoms with van der Waals surface area (Å²) in [7, 11) is 0. The molecule has 0 N–H and O–H groups in total. The minimum Gasteiger partial charge on any atom is -0.353 e. The summed E-state index contributed by atoms with van der Waals surface area (Å²) in [6.07, 6.45) is 0. The fourth-order valence-electron chi connectivity index (χ4n) is 1.96. The maximum atomic E-state index is 5.69. The second-order valence-corrected chi connectivity index (χ2v) is 6.33. The highest BCUT2D eigenvalue weighted by atomic mass is 35.5. The second kappa shape index (κ2) is 5.23. The third-order valence-corrected chi connectivity index (χ3v) is 4.09. The quantitative estimate of drug-likeness (QED) is 0.762. The molecule has 2 rings (SSSR count). The van der Waals surface area contributed by atoms with Gasteiger partial charge in [0.1, 0.15) is 0 Å². The molecule has 0 aliphatic carbocycles. The third-order valence-electron chi connectivity index (χ3n) is 2.59. The average molecular weight is 258 g/mol. The van der Waals surface area contributed by atoms with E-state index in [9.17, 15) is 0 Å². The molecule has 88 valence electrons. The number of thioether (sulfide) groups is 1. The predicted molar refractivity (Wildman–Crippen MR) is 70.3 cm³/mol. The number of aromatic nitrogens is 2. The molecule has 0 amide bonds. The zero-order valence-electron chi connectivity index (χ0n) is 9.56. The van der Waals surface area contributed by atoms with Crippen LogP contribution in [0.4, 0.5) is 5.82 Å². The summed E-state index contributed by atoms with van der Waals surface area (Å²) >= 11 is 7.73. The Morgan fingerprint density at radius 2 is 2.00 bits per heavy atom. The lowest BCUT2D eigenvalue weighted by Crippen LogP contribution is -2.40. The molecule has 1 aliphatic rings. The molecule has 16 heavy (non-hydrogen) atoms. The van der Waals surface area contributed by atoms with Gasteiger partial charge in [-0.25, -0.2) is 0 Å². The summed E-state index contributed by atoms with van der Waals surface area (Å²) in [6, 6.07) is 3.96. The van der Waals surface area contributed by atoms with Gasteiger partial charge in [0.2, 0.25) is 0 Å². The van der Waals surface area contributed by atoms with Crippen LogP contribution in [0.25, 0.3) is 0 Å². The van der Waals surface area contributed by atoms with Crippen LogP contribution >= 0.6 is 23.4 Å². The summed E-state index contributed by atoms with van der Waals surface area (Å²) < 4.78 is 0. The first-order valence-electron chi connectivity index (χ1n) is 5.48. The number of rotatable bonds is 2. The van der Waals surface area contributed by atoms with Gasteiger partial charge in [0, 0.05) is 23.6 Å². The van der Waals surface area contributed by atoms with Crippen molar-refractivity contribution in [2.45, 2.75) is 30.2 Å². The number of halogens is 1. The summed E-state index contributed by atoms with van der Waals surface area (Å²) in [4.78, 5) is 2.30. The molecule has 2 heterocycles. The normalized spacial score (nSPS) is 25.8. The minimum atomic E-state index is 0.427. The molecule has 1 fully saturated rings. The van der Waals surface area contributed by atoms with Crippen LogP contribution in [-0.4, -0.2) is 33.8 Å². The first kappa shape index (κ1) is 12.0. The molecular formula is C11H16ClN3S. The van der Waals surface area contributed by atoms with E-state index in [0.29, 0.717) is 16.4 Å². The maximum Gasteiger partial charge on any atom is 0.151 e. The van der Waals surface area contributed by atoms with Gasteiger partial charge in [-0.05, 0) is 12.1 Å². The van der Waals surface area contributed by atoms with E-state index in [1.165, 1.54) is 0 Å². The van der Waals surface area contributed by atoms with Crippen molar-refractivity contribution in [1.29, 1.82) is 0 Å². The lowest BCUT2D eigenvalue weighted by molar-refractivity contribution is 0.709. The largest absolute Gasteiger partial charge is 0.353 e. The van der Waals surface area contributed by atoms with Crippen LogP contribution in [0.15, 0.2) is 12.1 Å². The van der Waals surface area contributed by atoms with Crippen molar-refractivity contribution < 1.29 is 0 Å². The minimum absolute atomic E-state index is 0.427. The van der Waals surface area contributed by atoms with Crippen LogP contribution in [0.1, 0.15) is 19.5 Å². The van der Waals surface area contributed by atoms with Crippen LogP contribution in [0, 0.1) is 0 Å². The molecule has 1 aromatic heterocycles. The number of hydrogen-bond acceptors (Lipinski definition) is 4.